The van der Waals surface area contributed by atoms with Crippen LogP contribution < -0.4 is 0 Å². The maximum absolute atomic E-state index is 9.76. The monoisotopic (exact) mass is 343 g/mol. The molecular formula is C24H41N. The second kappa shape index (κ2) is 11.1. The number of nitriles is 1. The van der Waals surface area contributed by atoms with E-state index in [9.17, 15) is 5.26 Å². The lowest BCUT2D eigenvalue weighted by Gasteiger charge is -2.40. The van der Waals surface area contributed by atoms with E-state index in [0.717, 1.165) is 49.9 Å². The van der Waals surface area contributed by atoms with Crippen molar-refractivity contribution in [3.63, 3.8) is 0 Å². The summed E-state index contributed by atoms with van der Waals surface area (Å²) < 4.78 is 0. The molecule has 2 saturated carbocycles. The van der Waals surface area contributed by atoms with Crippen LogP contribution in [0.3, 0.4) is 0 Å². The molecule has 0 spiro atoms. The first-order valence-electron chi connectivity index (χ1n) is 11.3. The molecule has 142 valence electrons. The van der Waals surface area contributed by atoms with Crippen LogP contribution in [0, 0.1) is 34.5 Å². The van der Waals surface area contributed by atoms with E-state index >= 15 is 0 Å². The van der Waals surface area contributed by atoms with Crippen LogP contribution in [0.4, 0.5) is 0 Å². The molecular weight excluding hydrogens is 302 g/mol. The zero-order chi connectivity index (χ0) is 18.0. The molecule has 0 aromatic carbocycles. The van der Waals surface area contributed by atoms with Crippen molar-refractivity contribution in [1.82, 2.24) is 0 Å². The molecule has 2 aliphatic rings. The van der Waals surface area contributed by atoms with Gasteiger partial charge in [-0.15, -0.1) is 0 Å². The zero-order valence-electron chi connectivity index (χ0n) is 16.9. The Labute approximate surface area is 157 Å². The smallest absolute Gasteiger partial charge is 0.0689 e. The van der Waals surface area contributed by atoms with Crippen LogP contribution in [0.2, 0.25) is 0 Å². The Kier molecular flexibility index (Phi) is 9.08. The molecule has 0 aromatic heterocycles. The standard InChI is InChI=1S/C24H41N/c1-3-5-7-9-17-24(20-25)18-15-23(16-19-24)22-13-11-21(12-14-22)10-8-6-4-2/h5,7,21-23H,3-4,6,8-19H2,1-2H3/b7-5+/t21?,22?,23-,24+. The minimum Gasteiger partial charge on any atom is -0.198 e. The van der Waals surface area contributed by atoms with E-state index in [1.807, 2.05) is 0 Å². The fourth-order valence-corrected chi connectivity index (χ4v) is 5.36. The fraction of sp³-hybridized carbons (Fsp3) is 0.875. The van der Waals surface area contributed by atoms with Gasteiger partial charge in [0.15, 0.2) is 0 Å². The van der Waals surface area contributed by atoms with Crippen LogP contribution in [0.1, 0.15) is 110 Å². The van der Waals surface area contributed by atoms with Crippen LogP contribution in [-0.4, -0.2) is 0 Å². The predicted octanol–water partition coefficient (Wildman–Crippen LogP) is 7.82. The van der Waals surface area contributed by atoms with Crippen molar-refractivity contribution in [2.45, 2.75) is 110 Å². The lowest BCUT2D eigenvalue weighted by Crippen LogP contribution is -2.31. The summed E-state index contributed by atoms with van der Waals surface area (Å²) >= 11 is 0. The molecule has 0 aromatic rings. The maximum atomic E-state index is 9.76. The second-order valence-corrected chi connectivity index (χ2v) is 8.92. The summed E-state index contributed by atoms with van der Waals surface area (Å²) in [6.45, 7) is 4.49. The third-order valence-corrected chi connectivity index (χ3v) is 7.19. The lowest BCUT2D eigenvalue weighted by molar-refractivity contribution is 0.116. The Morgan fingerprint density at radius 1 is 0.920 bits per heavy atom. The molecule has 0 heterocycles. The molecule has 0 aliphatic heterocycles. The molecule has 1 heteroatoms. The average Bonchev–Trinajstić information content (AvgIpc) is 2.67. The molecule has 25 heavy (non-hydrogen) atoms. The molecule has 0 radical (unpaired) electrons. The van der Waals surface area contributed by atoms with Crippen molar-refractivity contribution in [2.75, 3.05) is 0 Å². The van der Waals surface area contributed by atoms with Gasteiger partial charge < -0.3 is 0 Å². The molecule has 1 nitrogen and oxygen atoms in total. The highest BCUT2D eigenvalue weighted by Gasteiger charge is 2.38. The molecule has 2 fully saturated rings. The van der Waals surface area contributed by atoms with Gasteiger partial charge in [0, 0.05) is 0 Å². The number of unbranched alkanes of at least 4 members (excludes halogenated alkanes) is 2. The van der Waals surface area contributed by atoms with Crippen LogP contribution in [-0.2, 0) is 0 Å². The molecule has 0 amide bonds. The van der Waals surface area contributed by atoms with Gasteiger partial charge in [-0.2, -0.15) is 5.26 Å². The zero-order valence-corrected chi connectivity index (χ0v) is 16.9. The largest absolute Gasteiger partial charge is 0.198 e. The van der Waals surface area contributed by atoms with Gasteiger partial charge in [-0.25, -0.2) is 0 Å². The van der Waals surface area contributed by atoms with Crippen LogP contribution in [0.5, 0.6) is 0 Å². The summed E-state index contributed by atoms with van der Waals surface area (Å²) in [6.07, 6.45) is 24.4. The van der Waals surface area contributed by atoms with Crippen LogP contribution >= 0.6 is 0 Å². The fourth-order valence-electron chi connectivity index (χ4n) is 5.36. The van der Waals surface area contributed by atoms with E-state index in [1.54, 1.807) is 0 Å². The number of allylic oxidation sites excluding steroid dienone is 2. The van der Waals surface area contributed by atoms with Crippen molar-refractivity contribution in [2.24, 2.45) is 23.2 Å². The SMILES string of the molecule is CC/C=C/CC[C@]1(C#N)CC[C@@H](C2CCC(CCCCC)CC2)CC1. The van der Waals surface area contributed by atoms with Crippen molar-refractivity contribution >= 4 is 0 Å². The summed E-state index contributed by atoms with van der Waals surface area (Å²) in [5.41, 5.74) is -0.00800. The van der Waals surface area contributed by atoms with Crippen LogP contribution in [0.15, 0.2) is 12.2 Å². The number of nitrogens with zero attached hydrogens (tertiary/aromatic N) is 1. The van der Waals surface area contributed by atoms with Crippen molar-refractivity contribution in [1.29, 1.82) is 5.26 Å². The van der Waals surface area contributed by atoms with Gasteiger partial charge in [0.25, 0.3) is 0 Å². The Morgan fingerprint density at radius 3 is 2.20 bits per heavy atom. The Balaban J connectivity index is 1.71. The molecule has 0 N–H and O–H groups in total. The van der Waals surface area contributed by atoms with Gasteiger partial charge in [0.05, 0.1) is 11.5 Å². The third kappa shape index (κ3) is 6.47. The quantitative estimate of drug-likeness (QED) is 0.309. The minimum atomic E-state index is -0.00800. The molecule has 2 aliphatic carbocycles. The first kappa shape index (κ1) is 20.5. The predicted molar refractivity (Wildman–Crippen MR) is 108 cm³/mol. The van der Waals surface area contributed by atoms with Crippen LogP contribution in [0.25, 0.3) is 0 Å². The summed E-state index contributed by atoms with van der Waals surface area (Å²) in [7, 11) is 0. The normalized spacial score (nSPS) is 33.4. The van der Waals surface area contributed by atoms with Gasteiger partial charge >= 0.3 is 0 Å². The Morgan fingerprint density at radius 2 is 1.60 bits per heavy atom. The van der Waals surface area contributed by atoms with E-state index in [4.69, 9.17) is 0 Å². The lowest BCUT2D eigenvalue weighted by atomic mass is 9.63. The highest BCUT2D eigenvalue weighted by atomic mass is 14.4. The van der Waals surface area contributed by atoms with E-state index in [2.05, 4.69) is 32.1 Å². The van der Waals surface area contributed by atoms with E-state index < -0.39 is 0 Å². The first-order chi connectivity index (χ1) is 12.2. The molecule has 0 atom stereocenters. The summed E-state index contributed by atoms with van der Waals surface area (Å²) in [6, 6.07) is 2.72. The second-order valence-electron chi connectivity index (χ2n) is 8.92. The summed E-state index contributed by atoms with van der Waals surface area (Å²) in [4.78, 5) is 0. The van der Waals surface area contributed by atoms with Gasteiger partial charge in [-0.05, 0) is 75.5 Å². The first-order valence-corrected chi connectivity index (χ1v) is 11.3. The number of rotatable bonds is 9. The maximum Gasteiger partial charge on any atom is 0.0689 e. The van der Waals surface area contributed by atoms with E-state index in [1.165, 1.54) is 64.2 Å². The van der Waals surface area contributed by atoms with Gasteiger partial charge in [0.1, 0.15) is 0 Å². The Bertz CT molecular complexity index is 414. The average molecular weight is 344 g/mol. The van der Waals surface area contributed by atoms with Crippen molar-refractivity contribution < 1.29 is 0 Å². The van der Waals surface area contributed by atoms with E-state index in [-0.39, 0.29) is 5.41 Å². The summed E-state index contributed by atoms with van der Waals surface area (Å²) in [5.74, 6) is 2.92. The molecule has 0 saturated heterocycles. The number of hydrogen-bond donors (Lipinski definition) is 0. The third-order valence-electron chi connectivity index (χ3n) is 7.19. The molecule has 0 bridgehead atoms. The highest BCUT2D eigenvalue weighted by molar-refractivity contribution is 5.03. The topological polar surface area (TPSA) is 23.8 Å². The number of hydrogen-bond acceptors (Lipinski definition) is 1. The van der Waals surface area contributed by atoms with Gasteiger partial charge in [-0.1, -0.05) is 64.5 Å². The molecule has 0 unspecified atom stereocenters. The van der Waals surface area contributed by atoms with Gasteiger partial charge in [-0.3, -0.25) is 0 Å². The van der Waals surface area contributed by atoms with Gasteiger partial charge in [0.2, 0.25) is 0 Å². The summed E-state index contributed by atoms with van der Waals surface area (Å²) in [5, 5.41) is 9.76. The minimum absolute atomic E-state index is 0.00800. The highest BCUT2D eigenvalue weighted by Crippen LogP contribution is 2.47. The Hall–Kier alpha value is -0.770. The van der Waals surface area contributed by atoms with E-state index in [0.29, 0.717) is 0 Å². The van der Waals surface area contributed by atoms with Crippen molar-refractivity contribution in [3.05, 3.63) is 12.2 Å². The van der Waals surface area contributed by atoms with Crippen molar-refractivity contribution in [3.8, 4) is 6.07 Å². The molecule has 2 rings (SSSR count).